The van der Waals surface area contributed by atoms with Gasteiger partial charge in [0.1, 0.15) is 11.8 Å². The van der Waals surface area contributed by atoms with Gasteiger partial charge in [0.15, 0.2) is 6.61 Å². The predicted molar refractivity (Wildman–Crippen MR) is 129 cm³/mol. The van der Waals surface area contributed by atoms with Crippen molar-refractivity contribution in [1.29, 1.82) is 0 Å². The van der Waals surface area contributed by atoms with Crippen LogP contribution in [-0.4, -0.2) is 35.9 Å². The molecule has 0 radical (unpaired) electrons. The Balaban J connectivity index is 1.76. The zero-order valence-electron chi connectivity index (χ0n) is 18.5. The molecule has 0 aliphatic heterocycles. The van der Waals surface area contributed by atoms with Gasteiger partial charge in [-0.2, -0.15) is 0 Å². The van der Waals surface area contributed by atoms with Crippen molar-refractivity contribution in [2.75, 3.05) is 13.2 Å². The molecule has 5 nitrogen and oxygen atoms in total. The second kappa shape index (κ2) is 11.5. The topological polar surface area (TPSA) is 58.6 Å². The summed E-state index contributed by atoms with van der Waals surface area (Å²) in [6, 6.07) is 20.3. The van der Waals surface area contributed by atoms with Gasteiger partial charge < -0.3 is 15.0 Å². The SMILES string of the molecule is CCCCNC(=O)[C@@H](C)N(Cc1cccc(Cl)c1)C(=O)COc1cccc2ccccc12. The molecule has 0 saturated carbocycles. The van der Waals surface area contributed by atoms with Crippen molar-refractivity contribution in [1.82, 2.24) is 10.2 Å². The Morgan fingerprint density at radius 2 is 1.81 bits per heavy atom. The molecule has 3 rings (SSSR count). The van der Waals surface area contributed by atoms with Gasteiger partial charge in [0.05, 0.1) is 0 Å². The van der Waals surface area contributed by atoms with Crippen molar-refractivity contribution >= 4 is 34.2 Å². The summed E-state index contributed by atoms with van der Waals surface area (Å²) in [6.45, 7) is 4.49. The summed E-state index contributed by atoms with van der Waals surface area (Å²) < 4.78 is 5.90. The molecule has 0 heterocycles. The van der Waals surface area contributed by atoms with Crippen LogP contribution in [0.4, 0.5) is 0 Å². The van der Waals surface area contributed by atoms with Gasteiger partial charge in [-0.1, -0.05) is 73.5 Å². The Hall–Kier alpha value is -3.05. The molecule has 0 aliphatic rings. The lowest BCUT2D eigenvalue weighted by molar-refractivity contribution is -0.142. The smallest absolute Gasteiger partial charge is 0.261 e. The summed E-state index contributed by atoms with van der Waals surface area (Å²) in [5.74, 6) is 0.189. The molecule has 6 heteroatoms. The average Bonchev–Trinajstić information content (AvgIpc) is 2.80. The van der Waals surface area contributed by atoms with Crippen LogP contribution >= 0.6 is 11.6 Å². The molecule has 32 heavy (non-hydrogen) atoms. The second-order valence-corrected chi connectivity index (χ2v) is 8.17. The second-order valence-electron chi connectivity index (χ2n) is 7.74. The lowest BCUT2D eigenvalue weighted by atomic mass is 10.1. The van der Waals surface area contributed by atoms with Crippen LogP contribution in [0.1, 0.15) is 32.3 Å². The van der Waals surface area contributed by atoms with Crippen molar-refractivity contribution in [2.45, 2.75) is 39.3 Å². The molecule has 0 saturated heterocycles. The molecule has 3 aromatic rings. The lowest BCUT2D eigenvalue weighted by Crippen LogP contribution is -2.49. The van der Waals surface area contributed by atoms with Crippen LogP contribution in [0.25, 0.3) is 10.8 Å². The van der Waals surface area contributed by atoms with Gasteiger partial charge in [0.2, 0.25) is 5.91 Å². The molecule has 2 amide bonds. The van der Waals surface area contributed by atoms with Gasteiger partial charge in [-0.25, -0.2) is 0 Å². The van der Waals surface area contributed by atoms with E-state index in [0.717, 1.165) is 29.2 Å². The molecular weight excluding hydrogens is 424 g/mol. The van der Waals surface area contributed by atoms with Crippen molar-refractivity contribution in [2.24, 2.45) is 0 Å². The number of hydrogen-bond donors (Lipinski definition) is 1. The van der Waals surface area contributed by atoms with E-state index >= 15 is 0 Å². The number of nitrogens with zero attached hydrogens (tertiary/aromatic N) is 1. The van der Waals surface area contributed by atoms with Crippen LogP contribution in [0.3, 0.4) is 0 Å². The summed E-state index contributed by atoms with van der Waals surface area (Å²) in [4.78, 5) is 27.4. The molecular formula is C26H29ClN2O3. The Morgan fingerprint density at radius 1 is 1.06 bits per heavy atom. The maximum Gasteiger partial charge on any atom is 0.261 e. The minimum absolute atomic E-state index is 0.166. The van der Waals surface area contributed by atoms with E-state index in [9.17, 15) is 9.59 Å². The van der Waals surface area contributed by atoms with Crippen molar-refractivity contribution in [3.05, 3.63) is 77.3 Å². The number of nitrogens with one attached hydrogen (secondary N) is 1. The van der Waals surface area contributed by atoms with Crippen LogP contribution < -0.4 is 10.1 Å². The zero-order chi connectivity index (χ0) is 22.9. The highest BCUT2D eigenvalue weighted by Crippen LogP contribution is 2.25. The average molecular weight is 453 g/mol. The number of ether oxygens (including phenoxy) is 1. The van der Waals surface area contributed by atoms with E-state index in [1.165, 1.54) is 4.90 Å². The number of amides is 2. The molecule has 0 aromatic heterocycles. The van der Waals surface area contributed by atoms with Gasteiger partial charge in [0, 0.05) is 23.5 Å². The van der Waals surface area contributed by atoms with Gasteiger partial charge in [-0.05, 0) is 42.5 Å². The third-order valence-corrected chi connectivity index (χ3v) is 5.57. The van der Waals surface area contributed by atoms with E-state index in [1.54, 1.807) is 19.1 Å². The number of unbranched alkanes of at least 4 members (excludes halogenated alkanes) is 1. The molecule has 0 unspecified atom stereocenters. The van der Waals surface area contributed by atoms with Crippen LogP contribution in [0, 0.1) is 0 Å². The maximum absolute atomic E-state index is 13.2. The summed E-state index contributed by atoms with van der Waals surface area (Å²) in [7, 11) is 0. The first-order valence-corrected chi connectivity index (χ1v) is 11.3. The number of carbonyl (C=O) groups is 2. The molecule has 0 aliphatic carbocycles. The standard InChI is InChI=1S/C26H29ClN2O3/c1-3-4-15-28-26(31)19(2)29(17-20-9-7-12-22(27)16-20)25(30)18-32-24-14-8-11-21-10-5-6-13-23(21)24/h5-14,16,19H,3-4,15,17-18H2,1-2H3,(H,28,31)/t19-/m1/s1. The van der Waals surface area contributed by atoms with Gasteiger partial charge in [-0.15, -0.1) is 0 Å². The van der Waals surface area contributed by atoms with Gasteiger partial charge in [0.25, 0.3) is 5.91 Å². The third-order valence-electron chi connectivity index (χ3n) is 5.34. The maximum atomic E-state index is 13.2. The zero-order valence-corrected chi connectivity index (χ0v) is 19.3. The first-order valence-electron chi connectivity index (χ1n) is 10.9. The number of fused-ring (bicyclic) bond motifs is 1. The number of hydrogen-bond acceptors (Lipinski definition) is 3. The Morgan fingerprint density at radius 3 is 2.59 bits per heavy atom. The normalized spacial score (nSPS) is 11.7. The quantitative estimate of drug-likeness (QED) is 0.430. The number of rotatable bonds is 10. The largest absolute Gasteiger partial charge is 0.483 e. The monoisotopic (exact) mass is 452 g/mol. The molecule has 0 bridgehead atoms. The summed E-state index contributed by atoms with van der Waals surface area (Å²) in [5, 5.41) is 5.48. The number of carbonyl (C=O) groups excluding carboxylic acids is 2. The number of halogens is 1. The van der Waals surface area contributed by atoms with Crippen molar-refractivity contribution in [3.63, 3.8) is 0 Å². The third kappa shape index (κ3) is 6.24. The van der Waals surface area contributed by atoms with Crippen LogP contribution in [-0.2, 0) is 16.1 Å². The van der Waals surface area contributed by atoms with Crippen LogP contribution in [0.5, 0.6) is 5.75 Å². The highest BCUT2D eigenvalue weighted by Gasteiger charge is 2.26. The lowest BCUT2D eigenvalue weighted by Gasteiger charge is -2.29. The molecule has 1 atom stereocenters. The molecule has 1 N–H and O–H groups in total. The first-order chi connectivity index (χ1) is 15.5. The van der Waals surface area contributed by atoms with E-state index in [1.807, 2.05) is 54.6 Å². The predicted octanol–water partition coefficient (Wildman–Crippen LogP) is 5.21. The Kier molecular flexibility index (Phi) is 8.51. The first kappa shape index (κ1) is 23.6. The summed E-state index contributed by atoms with van der Waals surface area (Å²) in [5.41, 5.74) is 0.851. The van der Waals surface area contributed by atoms with Crippen molar-refractivity contribution in [3.8, 4) is 5.75 Å². The van der Waals surface area contributed by atoms with E-state index in [-0.39, 0.29) is 25.0 Å². The fraction of sp³-hybridized carbons (Fsp3) is 0.308. The minimum Gasteiger partial charge on any atom is -0.483 e. The number of benzene rings is 3. The molecule has 0 spiro atoms. The Labute approximate surface area is 194 Å². The van der Waals surface area contributed by atoms with E-state index in [0.29, 0.717) is 17.3 Å². The highest BCUT2D eigenvalue weighted by atomic mass is 35.5. The minimum atomic E-state index is -0.644. The fourth-order valence-electron chi connectivity index (χ4n) is 3.49. The highest BCUT2D eigenvalue weighted by molar-refractivity contribution is 6.30. The van der Waals surface area contributed by atoms with Gasteiger partial charge >= 0.3 is 0 Å². The van der Waals surface area contributed by atoms with Crippen LogP contribution in [0.15, 0.2) is 66.7 Å². The summed E-state index contributed by atoms with van der Waals surface area (Å²) in [6.07, 6.45) is 1.88. The van der Waals surface area contributed by atoms with E-state index in [4.69, 9.17) is 16.3 Å². The molecule has 168 valence electrons. The van der Waals surface area contributed by atoms with E-state index in [2.05, 4.69) is 12.2 Å². The van der Waals surface area contributed by atoms with Crippen LogP contribution in [0.2, 0.25) is 5.02 Å². The summed E-state index contributed by atoms with van der Waals surface area (Å²) >= 11 is 6.12. The van der Waals surface area contributed by atoms with E-state index < -0.39 is 6.04 Å². The Bertz CT molecular complexity index is 1060. The fourth-order valence-corrected chi connectivity index (χ4v) is 3.71. The van der Waals surface area contributed by atoms with Crippen molar-refractivity contribution < 1.29 is 14.3 Å². The molecule has 0 fully saturated rings. The van der Waals surface area contributed by atoms with Gasteiger partial charge in [-0.3, -0.25) is 9.59 Å². The molecule has 3 aromatic carbocycles.